The van der Waals surface area contributed by atoms with E-state index in [1.807, 2.05) is 36.4 Å². The Morgan fingerprint density at radius 2 is 1.58 bits per heavy atom. The standard InChI is InChI=1S/C26H30N2O5/c1-16(29)28-26(19-10-12-22(31-3)24(15-19)33-5)20-8-6-7-18(25(20)27-28)13-17-9-11-21(30-2)23(14-17)32-4/h9-15,20,26H,6-8H2,1-5H3/b18-13+/t20-,26+/m1/s1. The average molecular weight is 451 g/mol. The molecule has 1 saturated carbocycles. The van der Waals surface area contributed by atoms with Crippen LogP contribution in [-0.2, 0) is 4.79 Å². The van der Waals surface area contributed by atoms with Gasteiger partial charge in [-0.3, -0.25) is 4.79 Å². The number of amides is 1. The van der Waals surface area contributed by atoms with Crippen molar-refractivity contribution in [3.05, 3.63) is 53.1 Å². The van der Waals surface area contributed by atoms with E-state index in [0.717, 1.165) is 41.7 Å². The fraction of sp³-hybridized carbons (Fsp3) is 0.385. The number of hydrogen-bond donors (Lipinski definition) is 0. The van der Waals surface area contributed by atoms with Crippen LogP contribution in [0.5, 0.6) is 23.0 Å². The van der Waals surface area contributed by atoms with Crippen LogP contribution in [0.15, 0.2) is 47.1 Å². The van der Waals surface area contributed by atoms with Crippen LogP contribution < -0.4 is 18.9 Å². The highest BCUT2D eigenvalue weighted by atomic mass is 16.5. The van der Waals surface area contributed by atoms with Crippen LogP contribution in [0.4, 0.5) is 0 Å². The molecule has 1 aliphatic heterocycles. The number of benzene rings is 2. The lowest BCUT2D eigenvalue weighted by atomic mass is 9.77. The number of methoxy groups -OCH3 is 4. The lowest BCUT2D eigenvalue weighted by molar-refractivity contribution is -0.131. The van der Waals surface area contributed by atoms with Crippen LogP contribution in [0.25, 0.3) is 6.08 Å². The Hall–Kier alpha value is -3.48. The van der Waals surface area contributed by atoms with Gasteiger partial charge in [0, 0.05) is 12.8 Å². The second kappa shape index (κ2) is 9.57. The van der Waals surface area contributed by atoms with E-state index in [0.29, 0.717) is 23.0 Å². The Morgan fingerprint density at radius 1 is 0.939 bits per heavy atom. The Labute approximate surface area is 194 Å². The van der Waals surface area contributed by atoms with Crippen LogP contribution in [0.2, 0.25) is 0 Å². The van der Waals surface area contributed by atoms with E-state index in [1.165, 1.54) is 0 Å². The number of ether oxygens (including phenoxy) is 4. The van der Waals surface area contributed by atoms with E-state index in [1.54, 1.807) is 40.4 Å². The first-order chi connectivity index (χ1) is 16.0. The molecule has 2 aliphatic rings. The molecule has 1 heterocycles. The zero-order valence-corrected chi connectivity index (χ0v) is 19.8. The lowest BCUT2D eigenvalue weighted by Gasteiger charge is -2.29. The molecule has 0 radical (unpaired) electrons. The summed E-state index contributed by atoms with van der Waals surface area (Å²) in [4.78, 5) is 12.6. The van der Waals surface area contributed by atoms with Gasteiger partial charge >= 0.3 is 0 Å². The molecule has 1 amide bonds. The summed E-state index contributed by atoms with van der Waals surface area (Å²) < 4.78 is 21.7. The summed E-state index contributed by atoms with van der Waals surface area (Å²) in [5, 5.41) is 6.44. The van der Waals surface area contributed by atoms with Gasteiger partial charge in [-0.1, -0.05) is 12.1 Å². The summed E-state index contributed by atoms with van der Waals surface area (Å²) in [6.07, 6.45) is 5.04. The van der Waals surface area contributed by atoms with Gasteiger partial charge in [-0.15, -0.1) is 0 Å². The highest BCUT2D eigenvalue weighted by Gasteiger charge is 2.43. The lowest BCUT2D eigenvalue weighted by Crippen LogP contribution is -2.30. The molecular weight excluding hydrogens is 420 g/mol. The van der Waals surface area contributed by atoms with E-state index in [9.17, 15) is 4.79 Å². The van der Waals surface area contributed by atoms with Gasteiger partial charge in [-0.25, -0.2) is 5.01 Å². The maximum absolute atomic E-state index is 12.6. The van der Waals surface area contributed by atoms with Gasteiger partial charge in [0.05, 0.1) is 40.2 Å². The summed E-state index contributed by atoms with van der Waals surface area (Å²) >= 11 is 0. The summed E-state index contributed by atoms with van der Waals surface area (Å²) in [5.74, 6) is 2.71. The molecule has 33 heavy (non-hydrogen) atoms. The first-order valence-corrected chi connectivity index (χ1v) is 11.0. The largest absolute Gasteiger partial charge is 0.493 e. The van der Waals surface area contributed by atoms with Crippen molar-refractivity contribution in [3.8, 4) is 23.0 Å². The first kappa shape index (κ1) is 22.7. The predicted molar refractivity (Wildman–Crippen MR) is 127 cm³/mol. The Balaban J connectivity index is 1.72. The normalized spacial score (nSPS) is 20.8. The topological polar surface area (TPSA) is 69.6 Å². The number of fused-ring (bicyclic) bond motifs is 1. The van der Waals surface area contributed by atoms with Crippen molar-refractivity contribution >= 4 is 17.7 Å². The molecule has 0 aromatic heterocycles. The van der Waals surface area contributed by atoms with E-state index in [4.69, 9.17) is 24.0 Å². The van der Waals surface area contributed by atoms with Crippen LogP contribution in [0.3, 0.4) is 0 Å². The third-order valence-corrected chi connectivity index (χ3v) is 6.32. The predicted octanol–water partition coefficient (Wildman–Crippen LogP) is 4.86. The minimum absolute atomic E-state index is 0.0813. The smallest absolute Gasteiger partial charge is 0.240 e. The van der Waals surface area contributed by atoms with Crippen LogP contribution in [0, 0.1) is 5.92 Å². The highest BCUT2D eigenvalue weighted by Crippen LogP contribution is 2.46. The number of rotatable bonds is 6. The fourth-order valence-corrected chi connectivity index (χ4v) is 4.78. The van der Waals surface area contributed by atoms with Gasteiger partial charge in [-0.2, -0.15) is 5.10 Å². The maximum Gasteiger partial charge on any atom is 0.240 e. The second-order valence-corrected chi connectivity index (χ2v) is 8.19. The van der Waals surface area contributed by atoms with Crippen molar-refractivity contribution in [2.75, 3.05) is 28.4 Å². The van der Waals surface area contributed by atoms with E-state index in [-0.39, 0.29) is 17.9 Å². The van der Waals surface area contributed by atoms with Crippen LogP contribution >= 0.6 is 0 Å². The van der Waals surface area contributed by atoms with Gasteiger partial charge in [0.15, 0.2) is 23.0 Å². The quantitative estimate of drug-likeness (QED) is 0.628. The molecule has 0 N–H and O–H groups in total. The number of allylic oxidation sites excluding steroid dienone is 1. The zero-order chi connectivity index (χ0) is 23.5. The molecule has 2 atom stereocenters. The minimum atomic E-state index is -0.175. The average Bonchev–Trinajstić information content (AvgIpc) is 3.24. The van der Waals surface area contributed by atoms with Crippen LogP contribution in [0.1, 0.15) is 43.4 Å². The number of carbonyl (C=O) groups excluding carboxylic acids is 1. The first-order valence-electron chi connectivity index (χ1n) is 11.0. The molecule has 1 fully saturated rings. The summed E-state index contributed by atoms with van der Waals surface area (Å²) in [7, 11) is 6.48. The number of hydrazone groups is 1. The molecule has 0 unspecified atom stereocenters. The summed E-state index contributed by atoms with van der Waals surface area (Å²) in [6, 6.07) is 11.5. The van der Waals surface area contributed by atoms with Crippen molar-refractivity contribution in [2.24, 2.45) is 11.0 Å². The summed E-state index contributed by atoms with van der Waals surface area (Å²) in [6.45, 7) is 1.56. The minimum Gasteiger partial charge on any atom is -0.493 e. The molecule has 2 aromatic carbocycles. The monoisotopic (exact) mass is 450 g/mol. The zero-order valence-electron chi connectivity index (χ0n) is 19.8. The molecule has 4 rings (SSSR count). The van der Waals surface area contributed by atoms with Gasteiger partial charge in [-0.05, 0) is 66.3 Å². The van der Waals surface area contributed by atoms with Crippen molar-refractivity contribution in [3.63, 3.8) is 0 Å². The van der Waals surface area contributed by atoms with Crippen molar-refractivity contribution in [1.29, 1.82) is 0 Å². The van der Waals surface area contributed by atoms with Gasteiger partial charge in [0.25, 0.3) is 0 Å². The molecular formula is C26H30N2O5. The highest BCUT2D eigenvalue weighted by molar-refractivity contribution is 6.08. The number of nitrogens with zero attached hydrogens (tertiary/aromatic N) is 2. The molecule has 0 bridgehead atoms. The summed E-state index contributed by atoms with van der Waals surface area (Å²) in [5.41, 5.74) is 4.12. The van der Waals surface area contributed by atoms with E-state index < -0.39 is 0 Å². The molecule has 7 heteroatoms. The Morgan fingerprint density at radius 3 is 2.21 bits per heavy atom. The number of hydrogen-bond acceptors (Lipinski definition) is 6. The van der Waals surface area contributed by atoms with Crippen molar-refractivity contribution in [1.82, 2.24) is 5.01 Å². The molecule has 1 aliphatic carbocycles. The van der Waals surface area contributed by atoms with Gasteiger partial charge in [0.2, 0.25) is 5.91 Å². The van der Waals surface area contributed by atoms with E-state index in [2.05, 4.69) is 6.08 Å². The molecule has 0 saturated heterocycles. The van der Waals surface area contributed by atoms with Crippen molar-refractivity contribution in [2.45, 2.75) is 32.2 Å². The maximum atomic E-state index is 12.6. The molecule has 0 spiro atoms. The van der Waals surface area contributed by atoms with Gasteiger partial charge < -0.3 is 18.9 Å². The Bertz CT molecular complexity index is 1110. The SMILES string of the molecule is COc1ccc(/C=C2\CCC[C@@H]3C2=NN(C(C)=O)[C@H]3c2ccc(OC)c(OC)c2)cc1OC. The molecule has 2 aromatic rings. The van der Waals surface area contributed by atoms with E-state index >= 15 is 0 Å². The third-order valence-electron chi connectivity index (χ3n) is 6.32. The molecule has 7 nitrogen and oxygen atoms in total. The molecule has 174 valence electrons. The van der Waals surface area contributed by atoms with Gasteiger partial charge in [0.1, 0.15) is 0 Å². The number of carbonyl (C=O) groups is 1. The Kier molecular flexibility index (Phi) is 6.58. The third kappa shape index (κ3) is 4.27. The van der Waals surface area contributed by atoms with Crippen LogP contribution in [-0.4, -0.2) is 45.1 Å². The second-order valence-electron chi connectivity index (χ2n) is 8.19. The fourth-order valence-electron chi connectivity index (χ4n) is 4.78. The van der Waals surface area contributed by atoms with Crippen molar-refractivity contribution < 1.29 is 23.7 Å².